The summed E-state index contributed by atoms with van der Waals surface area (Å²) >= 11 is 0. The Hall–Kier alpha value is -1.83. The maximum absolute atomic E-state index is 14.5. The van der Waals surface area contributed by atoms with Crippen LogP contribution in [0.15, 0.2) is 24.3 Å². The lowest BCUT2D eigenvalue weighted by atomic mass is 9.82. The Morgan fingerprint density at radius 3 is 2.40 bits per heavy atom. The molecule has 0 unspecified atom stereocenters. The predicted molar refractivity (Wildman–Crippen MR) is 79.9 cm³/mol. The summed E-state index contributed by atoms with van der Waals surface area (Å²) in [6.07, 6.45) is 1.65. The number of aryl methyl sites for hydroxylation is 1. The van der Waals surface area contributed by atoms with Crippen molar-refractivity contribution in [2.45, 2.75) is 33.6 Å². The van der Waals surface area contributed by atoms with Gasteiger partial charge in [-0.25, -0.2) is 4.39 Å². The Morgan fingerprint density at radius 1 is 1.00 bits per heavy atom. The normalized spacial score (nSPS) is 12.8. The molecule has 20 heavy (non-hydrogen) atoms. The van der Waals surface area contributed by atoms with E-state index >= 15 is 0 Å². The average molecular weight is 270 g/mol. The molecule has 0 amide bonds. The van der Waals surface area contributed by atoms with Crippen LogP contribution < -0.4 is 4.74 Å². The molecule has 3 rings (SSSR count). The van der Waals surface area contributed by atoms with E-state index in [0.717, 1.165) is 24.0 Å². The molecule has 0 saturated carbocycles. The van der Waals surface area contributed by atoms with Gasteiger partial charge in [0.2, 0.25) is 0 Å². The maximum Gasteiger partial charge on any atom is 0.168 e. The van der Waals surface area contributed by atoms with Gasteiger partial charge in [0.25, 0.3) is 0 Å². The summed E-state index contributed by atoms with van der Waals surface area (Å²) in [5, 5.41) is 0. The monoisotopic (exact) mass is 270 g/mol. The molecule has 2 aromatic carbocycles. The Kier molecular flexibility index (Phi) is 3.25. The molecule has 1 aliphatic rings. The number of rotatable bonds is 2. The molecular weight excluding hydrogens is 251 g/mol. The zero-order valence-corrected chi connectivity index (χ0v) is 12.2. The van der Waals surface area contributed by atoms with Gasteiger partial charge in [0.1, 0.15) is 0 Å². The van der Waals surface area contributed by atoms with Crippen LogP contribution in [-0.2, 0) is 12.8 Å². The van der Waals surface area contributed by atoms with Gasteiger partial charge in [-0.1, -0.05) is 18.2 Å². The molecule has 0 atom stereocenters. The fourth-order valence-corrected chi connectivity index (χ4v) is 3.06. The summed E-state index contributed by atoms with van der Waals surface area (Å²) in [5.41, 5.74) is 7.00. The molecule has 0 heterocycles. The third-order valence-corrected chi connectivity index (χ3v) is 4.29. The molecule has 1 nitrogen and oxygen atoms in total. The molecule has 0 fully saturated rings. The van der Waals surface area contributed by atoms with E-state index in [1.807, 2.05) is 13.0 Å². The molecule has 0 N–H and O–H groups in total. The van der Waals surface area contributed by atoms with Crippen molar-refractivity contribution >= 4 is 0 Å². The van der Waals surface area contributed by atoms with Crippen LogP contribution in [-0.4, -0.2) is 6.61 Å². The zero-order chi connectivity index (χ0) is 14.3. The minimum absolute atomic E-state index is 0.187. The van der Waals surface area contributed by atoms with Crippen LogP contribution in [0.3, 0.4) is 0 Å². The fraction of sp³-hybridized carbons (Fsp3) is 0.333. The molecule has 2 aromatic rings. The predicted octanol–water partition coefficient (Wildman–Crippen LogP) is 4.61. The molecule has 0 aliphatic heterocycles. The second-order valence-corrected chi connectivity index (χ2v) is 5.37. The third-order valence-electron chi connectivity index (χ3n) is 4.29. The highest BCUT2D eigenvalue weighted by atomic mass is 19.1. The molecule has 0 saturated heterocycles. The number of benzene rings is 2. The molecule has 0 radical (unpaired) electrons. The lowest BCUT2D eigenvalue weighted by molar-refractivity contribution is 0.320. The Morgan fingerprint density at radius 2 is 1.65 bits per heavy atom. The van der Waals surface area contributed by atoms with Crippen LogP contribution in [0.25, 0.3) is 11.1 Å². The topological polar surface area (TPSA) is 9.23 Å². The van der Waals surface area contributed by atoms with E-state index in [4.69, 9.17) is 4.74 Å². The van der Waals surface area contributed by atoms with Crippen LogP contribution in [0.2, 0.25) is 0 Å². The lowest BCUT2D eigenvalue weighted by Gasteiger charge is -2.24. The summed E-state index contributed by atoms with van der Waals surface area (Å²) in [6.45, 7) is 6.65. The molecular formula is C18H19FO. The second-order valence-electron chi connectivity index (χ2n) is 5.37. The third kappa shape index (κ3) is 1.91. The van der Waals surface area contributed by atoms with E-state index in [9.17, 15) is 4.39 Å². The quantitative estimate of drug-likeness (QED) is 0.774. The summed E-state index contributed by atoms with van der Waals surface area (Å²) in [7, 11) is 0. The molecule has 0 aromatic heterocycles. The van der Waals surface area contributed by atoms with E-state index in [2.05, 4.69) is 26.0 Å². The Balaban J connectivity index is 2.19. The van der Waals surface area contributed by atoms with Gasteiger partial charge < -0.3 is 4.74 Å². The molecule has 1 aliphatic carbocycles. The highest BCUT2D eigenvalue weighted by molar-refractivity contribution is 5.75. The van der Waals surface area contributed by atoms with Crippen LogP contribution in [0.1, 0.15) is 29.2 Å². The maximum atomic E-state index is 14.5. The van der Waals surface area contributed by atoms with E-state index in [-0.39, 0.29) is 5.82 Å². The summed E-state index contributed by atoms with van der Waals surface area (Å²) in [5.74, 6) is 0.187. The van der Waals surface area contributed by atoms with Crippen molar-refractivity contribution in [3.8, 4) is 16.9 Å². The molecule has 104 valence electrons. The van der Waals surface area contributed by atoms with Crippen molar-refractivity contribution in [2.24, 2.45) is 0 Å². The Bertz CT molecular complexity index is 674. The summed E-state index contributed by atoms with van der Waals surface area (Å²) in [4.78, 5) is 0. The van der Waals surface area contributed by atoms with Crippen molar-refractivity contribution in [1.29, 1.82) is 0 Å². The van der Waals surface area contributed by atoms with Crippen molar-refractivity contribution in [3.05, 3.63) is 52.3 Å². The van der Waals surface area contributed by atoms with Crippen LogP contribution in [0, 0.1) is 19.7 Å². The molecule has 2 heteroatoms. The van der Waals surface area contributed by atoms with E-state index in [1.165, 1.54) is 22.3 Å². The summed E-state index contributed by atoms with van der Waals surface area (Å²) < 4.78 is 19.8. The van der Waals surface area contributed by atoms with E-state index in [1.54, 1.807) is 6.07 Å². The SMILES string of the molecule is CCOc1ccc2c(c1F)CCc1c-2ccc(C)c1C. The van der Waals surface area contributed by atoms with Gasteiger partial charge in [0.05, 0.1) is 6.61 Å². The van der Waals surface area contributed by atoms with E-state index < -0.39 is 0 Å². The highest BCUT2D eigenvalue weighted by Gasteiger charge is 2.22. The molecule has 0 spiro atoms. The standard InChI is InChI=1S/C18H19FO/c1-4-20-17-10-9-15-14-6-5-11(2)12(3)13(14)7-8-16(15)18(17)19/h5-6,9-10H,4,7-8H2,1-3H3. The van der Waals surface area contributed by atoms with Gasteiger partial charge in [-0.2, -0.15) is 0 Å². The first-order valence-electron chi connectivity index (χ1n) is 7.17. The van der Waals surface area contributed by atoms with Gasteiger partial charge in [-0.05, 0) is 73.1 Å². The van der Waals surface area contributed by atoms with Crippen LogP contribution >= 0.6 is 0 Å². The zero-order valence-electron chi connectivity index (χ0n) is 12.2. The molecule has 0 bridgehead atoms. The summed E-state index contributed by atoms with van der Waals surface area (Å²) in [6, 6.07) is 7.99. The Labute approximate surface area is 119 Å². The van der Waals surface area contributed by atoms with Gasteiger partial charge >= 0.3 is 0 Å². The van der Waals surface area contributed by atoms with Crippen molar-refractivity contribution in [2.75, 3.05) is 6.61 Å². The fourth-order valence-electron chi connectivity index (χ4n) is 3.06. The van der Waals surface area contributed by atoms with Gasteiger partial charge in [0.15, 0.2) is 11.6 Å². The first-order valence-corrected chi connectivity index (χ1v) is 7.17. The van der Waals surface area contributed by atoms with Crippen molar-refractivity contribution < 1.29 is 9.13 Å². The average Bonchev–Trinajstić information content (AvgIpc) is 2.45. The van der Waals surface area contributed by atoms with Crippen molar-refractivity contribution in [1.82, 2.24) is 0 Å². The number of hydrogen-bond donors (Lipinski definition) is 0. The van der Waals surface area contributed by atoms with Crippen LogP contribution in [0.4, 0.5) is 4.39 Å². The van der Waals surface area contributed by atoms with E-state index in [0.29, 0.717) is 12.4 Å². The van der Waals surface area contributed by atoms with Gasteiger partial charge in [-0.3, -0.25) is 0 Å². The number of ether oxygens (including phenoxy) is 1. The first-order chi connectivity index (χ1) is 9.63. The smallest absolute Gasteiger partial charge is 0.168 e. The second kappa shape index (κ2) is 4.93. The van der Waals surface area contributed by atoms with Crippen molar-refractivity contribution in [3.63, 3.8) is 0 Å². The van der Waals surface area contributed by atoms with Crippen LogP contribution in [0.5, 0.6) is 5.75 Å². The number of fused-ring (bicyclic) bond motifs is 3. The lowest BCUT2D eigenvalue weighted by Crippen LogP contribution is -2.10. The largest absolute Gasteiger partial charge is 0.491 e. The number of halogens is 1. The van der Waals surface area contributed by atoms with Gasteiger partial charge in [0, 0.05) is 0 Å². The minimum atomic E-state index is -0.187. The number of hydrogen-bond acceptors (Lipinski definition) is 1. The highest BCUT2D eigenvalue weighted by Crippen LogP contribution is 2.39. The minimum Gasteiger partial charge on any atom is -0.491 e. The first kappa shape index (κ1) is 13.2. The van der Waals surface area contributed by atoms with Gasteiger partial charge in [-0.15, -0.1) is 0 Å².